The molecule has 0 aliphatic heterocycles. The highest BCUT2D eigenvalue weighted by atomic mass is 14.6. The van der Waals surface area contributed by atoms with Crippen molar-refractivity contribution in [3.05, 3.63) is 29.8 Å². The van der Waals surface area contributed by atoms with Gasteiger partial charge in [0, 0.05) is 5.69 Å². The second kappa shape index (κ2) is 4.69. The van der Waals surface area contributed by atoms with Gasteiger partial charge in [-0.25, -0.2) is 0 Å². The maximum absolute atomic E-state index is 6.07. The molecule has 1 heteroatoms. The molecule has 0 saturated heterocycles. The number of hydrogen-bond donors (Lipinski definition) is 1. The van der Waals surface area contributed by atoms with Crippen molar-refractivity contribution in [2.75, 3.05) is 5.73 Å². The lowest BCUT2D eigenvalue weighted by molar-refractivity contribution is 0.300. The van der Waals surface area contributed by atoms with E-state index in [1.54, 1.807) is 0 Å². The smallest absolute Gasteiger partial charge is 0.0349 e. The maximum Gasteiger partial charge on any atom is 0.0349 e. The van der Waals surface area contributed by atoms with Gasteiger partial charge in [0.15, 0.2) is 0 Å². The first-order valence-electron chi connectivity index (χ1n) is 6.17. The highest BCUT2D eigenvalue weighted by Gasteiger charge is 2.25. The Morgan fingerprint density at radius 1 is 1.20 bits per heavy atom. The number of nitrogen functional groups attached to an aromatic ring is 1. The van der Waals surface area contributed by atoms with Gasteiger partial charge < -0.3 is 5.73 Å². The third kappa shape index (κ3) is 2.17. The second-order valence-corrected chi connectivity index (χ2v) is 4.69. The van der Waals surface area contributed by atoms with Crippen molar-refractivity contribution >= 4 is 5.69 Å². The lowest BCUT2D eigenvalue weighted by Crippen LogP contribution is -2.18. The Morgan fingerprint density at radius 3 is 2.67 bits per heavy atom. The van der Waals surface area contributed by atoms with Crippen LogP contribution in [-0.4, -0.2) is 0 Å². The minimum atomic E-state index is 0.713. The summed E-state index contributed by atoms with van der Waals surface area (Å²) in [6.07, 6.45) is 6.78. The van der Waals surface area contributed by atoms with Crippen molar-refractivity contribution in [3.8, 4) is 0 Å². The minimum absolute atomic E-state index is 0.713. The summed E-state index contributed by atoms with van der Waals surface area (Å²) >= 11 is 0. The van der Waals surface area contributed by atoms with E-state index in [4.69, 9.17) is 5.73 Å². The Morgan fingerprint density at radius 2 is 1.93 bits per heavy atom. The summed E-state index contributed by atoms with van der Waals surface area (Å²) in [4.78, 5) is 0. The van der Waals surface area contributed by atoms with Crippen LogP contribution in [0.5, 0.6) is 0 Å². The third-order valence-electron chi connectivity index (χ3n) is 3.83. The van der Waals surface area contributed by atoms with Gasteiger partial charge in [-0.15, -0.1) is 0 Å². The molecular formula is C14H21N. The van der Waals surface area contributed by atoms with Crippen molar-refractivity contribution < 1.29 is 0 Å². The molecule has 1 aromatic carbocycles. The van der Waals surface area contributed by atoms with E-state index in [9.17, 15) is 0 Å². The number of nitrogens with two attached hydrogens (primary N) is 1. The maximum atomic E-state index is 6.07. The molecule has 2 rings (SSSR count). The van der Waals surface area contributed by atoms with E-state index in [-0.39, 0.29) is 0 Å². The molecule has 1 aliphatic carbocycles. The largest absolute Gasteiger partial charge is 0.398 e. The van der Waals surface area contributed by atoms with Gasteiger partial charge in [-0.05, 0) is 36.3 Å². The lowest BCUT2D eigenvalue weighted by Gasteiger charge is -2.31. The van der Waals surface area contributed by atoms with Crippen LogP contribution in [0.25, 0.3) is 0 Å². The van der Waals surface area contributed by atoms with Crippen molar-refractivity contribution in [2.24, 2.45) is 5.92 Å². The number of hydrogen-bond acceptors (Lipinski definition) is 1. The van der Waals surface area contributed by atoms with Crippen LogP contribution < -0.4 is 5.73 Å². The standard InChI is InChI=1S/C14H21N/c1-2-11-7-3-4-8-12(11)13-9-5-6-10-14(13)15/h5-6,9-12H,2-4,7-8,15H2,1H3. The third-order valence-corrected chi connectivity index (χ3v) is 3.83. The molecular weight excluding hydrogens is 182 g/mol. The minimum Gasteiger partial charge on any atom is -0.398 e. The van der Waals surface area contributed by atoms with Crippen molar-refractivity contribution in [3.63, 3.8) is 0 Å². The molecule has 1 nitrogen and oxygen atoms in total. The van der Waals surface area contributed by atoms with Crippen molar-refractivity contribution in [1.29, 1.82) is 0 Å². The Bertz CT molecular complexity index is 319. The molecule has 1 aromatic rings. The van der Waals surface area contributed by atoms with Gasteiger partial charge in [0.2, 0.25) is 0 Å². The molecule has 15 heavy (non-hydrogen) atoms. The van der Waals surface area contributed by atoms with Gasteiger partial charge in [0.25, 0.3) is 0 Å². The van der Waals surface area contributed by atoms with Crippen LogP contribution in [-0.2, 0) is 0 Å². The van der Waals surface area contributed by atoms with Crippen LogP contribution in [0.4, 0.5) is 5.69 Å². The van der Waals surface area contributed by atoms with Gasteiger partial charge in [-0.1, -0.05) is 44.4 Å². The van der Waals surface area contributed by atoms with E-state index >= 15 is 0 Å². The monoisotopic (exact) mass is 203 g/mol. The van der Waals surface area contributed by atoms with Gasteiger partial charge in [-0.3, -0.25) is 0 Å². The summed E-state index contributed by atoms with van der Waals surface area (Å²) in [6.45, 7) is 2.31. The van der Waals surface area contributed by atoms with Gasteiger partial charge in [0.05, 0.1) is 0 Å². The fourth-order valence-electron chi connectivity index (χ4n) is 2.95. The Balaban J connectivity index is 2.24. The first-order valence-corrected chi connectivity index (χ1v) is 6.17. The number of benzene rings is 1. The molecule has 0 radical (unpaired) electrons. The molecule has 0 amide bonds. The van der Waals surface area contributed by atoms with E-state index in [0.717, 1.165) is 11.6 Å². The molecule has 82 valence electrons. The zero-order valence-corrected chi connectivity index (χ0v) is 9.58. The van der Waals surface area contributed by atoms with Crippen LogP contribution in [0.15, 0.2) is 24.3 Å². The fourth-order valence-corrected chi connectivity index (χ4v) is 2.95. The predicted octanol–water partition coefficient (Wildman–Crippen LogP) is 3.95. The number of anilines is 1. The SMILES string of the molecule is CCC1CCCCC1c1ccccc1N. The molecule has 2 atom stereocenters. The number of rotatable bonds is 2. The predicted molar refractivity (Wildman–Crippen MR) is 65.8 cm³/mol. The normalized spacial score (nSPS) is 26.5. The molecule has 0 bridgehead atoms. The highest BCUT2D eigenvalue weighted by molar-refractivity contribution is 5.48. The molecule has 1 fully saturated rings. The highest BCUT2D eigenvalue weighted by Crippen LogP contribution is 2.41. The quantitative estimate of drug-likeness (QED) is 0.723. The van der Waals surface area contributed by atoms with Crippen LogP contribution in [0.2, 0.25) is 0 Å². The molecule has 0 spiro atoms. The van der Waals surface area contributed by atoms with Gasteiger partial charge >= 0.3 is 0 Å². The molecule has 0 heterocycles. The molecule has 2 N–H and O–H groups in total. The Labute approximate surface area is 92.7 Å². The van der Waals surface area contributed by atoms with E-state index in [1.165, 1.54) is 37.7 Å². The number of para-hydroxylation sites is 1. The van der Waals surface area contributed by atoms with Gasteiger partial charge in [-0.2, -0.15) is 0 Å². The topological polar surface area (TPSA) is 26.0 Å². The summed E-state index contributed by atoms with van der Waals surface area (Å²) in [7, 11) is 0. The van der Waals surface area contributed by atoms with Crippen LogP contribution in [0.3, 0.4) is 0 Å². The molecule has 2 unspecified atom stereocenters. The Kier molecular flexibility index (Phi) is 3.30. The Hall–Kier alpha value is -0.980. The van der Waals surface area contributed by atoms with Crippen LogP contribution in [0.1, 0.15) is 50.5 Å². The average Bonchev–Trinajstić information content (AvgIpc) is 2.30. The molecule has 1 saturated carbocycles. The first-order chi connectivity index (χ1) is 7.33. The van der Waals surface area contributed by atoms with Crippen molar-refractivity contribution in [2.45, 2.75) is 44.9 Å². The fraction of sp³-hybridized carbons (Fsp3) is 0.571. The second-order valence-electron chi connectivity index (χ2n) is 4.69. The lowest BCUT2D eigenvalue weighted by atomic mass is 9.74. The van der Waals surface area contributed by atoms with Crippen molar-refractivity contribution in [1.82, 2.24) is 0 Å². The zero-order chi connectivity index (χ0) is 10.7. The first kappa shape index (κ1) is 10.5. The summed E-state index contributed by atoms with van der Waals surface area (Å²) in [5, 5.41) is 0. The van der Waals surface area contributed by atoms with Crippen LogP contribution in [0, 0.1) is 5.92 Å². The summed E-state index contributed by atoms with van der Waals surface area (Å²) in [5.74, 6) is 1.56. The van der Waals surface area contributed by atoms with E-state index in [1.807, 2.05) is 12.1 Å². The summed E-state index contributed by atoms with van der Waals surface area (Å²) < 4.78 is 0. The average molecular weight is 203 g/mol. The summed E-state index contributed by atoms with van der Waals surface area (Å²) in [5.41, 5.74) is 8.45. The molecule has 0 aromatic heterocycles. The zero-order valence-electron chi connectivity index (χ0n) is 9.58. The van der Waals surface area contributed by atoms with Crippen LogP contribution >= 0.6 is 0 Å². The summed E-state index contributed by atoms with van der Waals surface area (Å²) in [6, 6.07) is 8.40. The van der Waals surface area contributed by atoms with E-state index < -0.39 is 0 Å². The van der Waals surface area contributed by atoms with E-state index in [2.05, 4.69) is 19.1 Å². The van der Waals surface area contributed by atoms with Gasteiger partial charge in [0.1, 0.15) is 0 Å². The van der Waals surface area contributed by atoms with E-state index in [0.29, 0.717) is 5.92 Å². The molecule has 1 aliphatic rings.